The van der Waals surface area contributed by atoms with E-state index in [1.807, 2.05) is 56.3 Å². The van der Waals surface area contributed by atoms with Crippen molar-refractivity contribution in [2.75, 3.05) is 4.90 Å². The molecule has 1 N–H and O–H groups in total. The van der Waals surface area contributed by atoms with Crippen molar-refractivity contribution in [1.29, 1.82) is 0 Å². The molecule has 2 amide bonds. The Morgan fingerprint density at radius 3 is 2.91 bits per heavy atom. The Bertz CT molecular complexity index is 807. The lowest BCUT2D eigenvalue weighted by molar-refractivity contribution is 0.0378. The number of hydrogen-bond acceptors (Lipinski definition) is 2. The fourth-order valence-electron chi connectivity index (χ4n) is 3.50. The van der Waals surface area contributed by atoms with Crippen LogP contribution in [0.25, 0.3) is 0 Å². The van der Waals surface area contributed by atoms with Crippen LogP contribution < -0.4 is 15.0 Å². The molecule has 2 atom stereocenters. The summed E-state index contributed by atoms with van der Waals surface area (Å²) in [6, 6.07) is 13.7. The second-order valence-corrected chi connectivity index (χ2v) is 7.26. The van der Waals surface area contributed by atoms with Gasteiger partial charge in [0.2, 0.25) is 0 Å². The van der Waals surface area contributed by atoms with Crippen LogP contribution in [0.2, 0.25) is 0 Å². The summed E-state index contributed by atoms with van der Waals surface area (Å²) in [5, 5.41) is 3.11. The number of ether oxygens (including phenoxy) is 1. The Kier molecular flexibility index (Phi) is 3.17. The number of anilines is 1. The summed E-state index contributed by atoms with van der Waals surface area (Å²) in [4.78, 5) is 14.5. The first-order valence-corrected chi connectivity index (χ1v) is 8.41. The Morgan fingerprint density at radius 2 is 2.13 bits per heavy atom. The number of hydrogen-bond donors (Lipinski definition) is 1. The van der Waals surface area contributed by atoms with Crippen molar-refractivity contribution in [3.8, 4) is 5.75 Å². The third-order valence-corrected chi connectivity index (χ3v) is 4.99. The van der Waals surface area contributed by atoms with E-state index in [2.05, 4.69) is 21.2 Å². The van der Waals surface area contributed by atoms with Gasteiger partial charge < -0.3 is 10.1 Å². The fraction of sp³-hybridized carbons (Fsp3) is 0.278. The number of urea groups is 1. The molecule has 0 aliphatic carbocycles. The quantitative estimate of drug-likeness (QED) is 0.798. The van der Waals surface area contributed by atoms with Gasteiger partial charge in [-0.25, -0.2) is 4.79 Å². The summed E-state index contributed by atoms with van der Waals surface area (Å²) in [6.45, 7) is 4.00. The second-order valence-electron chi connectivity index (χ2n) is 6.34. The van der Waals surface area contributed by atoms with Crippen molar-refractivity contribution < 1.29 is 9.53 Å². The van der Waals surface area contributed by atoms with Crippen LogP contribution in [0.3, 0.4) is 0 Å². The smallest absolute Gasteiger partial charge is 0.325 e. The summed E-state index contributed by atoms with van der Waals surface area (Å²) < 4.78 is 7.25. The summed E-state index contributed by atoms with van der Waals surface area (Å²) in [5.41, 5.74) is 2.29. The number of amides is 2. The average Bonchev–Trinajstić information content (AvgIpc) is 2.47. The van der Waals surface area contributed by atoms with Gasteiger partial charge in [0.15, 0.2) is 5.72 Å². The zero-order chi connectivity index (χ0) is 16.2. The van der Waals surface area contributed by atoms with Gasteiger partial charge in [-0.2, -0.15) is 0 Å². The molecule has 0 saturated carbocycles. The number of carbonyl (C=O) groups excluding carboxylic acids is 1. The highest BCUT2D eigenvalue weighted by Gasteiger charge is 2.49. The SMILES string of the molecule is Cc1cccc(N2C(=O)N[C@@H]3C[C@]2(C)Oc2ccc(Br)cc23)c1. The molecule has 0 unspecified atom stereocenters. The predicted molar refractivity (Wildman–Crippen MR) is 92.7 cm³/mol. The molecule has 0 radical (unpaired) electrons. The zero-order valence-electron chi connectivity index (χ0n) is 13.0. The van der Waals surface area contributed by atoms with Crippen LogP contribution in [-0.4, -0.2) is 11.8 Å². The van der Waals surface area contributed by atoms with Gasteiger partial charge in [-0.15, -0.1) is 0 Å². The van der Waals surface area contributed by atoms with E-state index >= 15 is 0 Å². The topological polar surface area (TPSA) is 41.6 Å². The molecule has 2 bridgehead atoms. The summed E-state index contributed by atoms with van der Waals surface area (Å²) in [5.74, 6) is 0.824. The van der Waals surface area contributed by atoms with Gasteiger partial charge in [-0.05, 0) is 49.7 Å². The molecule has 4 nitrogen and oxygen atoms in total. The molecular formula is C18H17BrN2O2. The maximum absolute atomic E-state index is 12.7. The normalized spacial score (nSPS) is 25.4. The van der Waals surface area contributed by atoms with Gasteiger partial charge in [0.25, 0.3) is 0 Å². The molecule has 2 aromatic rings. The number of nitrogens with one attached hydrogen (secondary N) is 1. The monoisotopic (exact) mass is 372 g/mol. The summed E-state index contributed by atoms with van der Waals surface area (Å²) in [7, 11) is 0. The molecule has 5 heteroatoms. The molecule has 2 heterocycles. The van der Waals surface area contributed by atoms with Gasteiger partial charge in [-0.3, -0.25) is 4.90 Å². The van der Waals surface area contributed by atoms with E-state index in [1.165, 1.54) is 0 Å². The average molecular weight is 373 g/mol. The lowest BCUT2D eigenvalue weighted by Gasteiger charge is -2.50. The van der Waals surface area contributed by atoms with Gasteiger partial charge in [0.1, 0.15) is 5.75 Å². The predicted octanol–water partition coefficient (Wildman–Crippen LogP) is 4.53. The highest BCUT2D eigenvalue weighted by molar-refractivity contribution is 9.10. The lowest BCUT2D eigenvalue weighted by Crippen LogP contribution is -2.65. The Hall–Kier alpha value is -2.01. The van der Waals surface area contributed by atoms with Crippen molar-refractivity contribution in [3.63, 3.8) is 0 Å². The third-order valence-electron chi connectivity index (χ3n) is 4.49. The number of halogens is 1. The maximum atomic E-state index is 12.7. The van der Waals surface area contributed by atoms with Crippen molar-refractivity contribution in [2.24, 2.45) is 0 Å². The molecule has 23 heavy (non-hydrogen) atoms. The van der Waals surface area contributed by atoms with Crippen molar-refractivity contribution >= 4 is 27.6 Å². The highest BCUT2D eigenvalue weighted by atomic mass is 79.9. The Morgan fingerprint density at radius 1 is 1.30 bits per heavy atom. The first-order chi connectivity index (χ1) is 11.0. The molecule has 2 aromatic carbocycles. The molecule has 118 valence electrons. The van der Waals surface area contributed by atoms with Crippen LogP contribution >= 0.6 is 15.9 Å². The zero-order valence-corrected chi connectivity index (χ0v) is 14.6. The largest absolute Gasteiger partial charge is 0.467 e. The standard InChI is InChI=1S/C18H17BrN2O2/c1-11-4-3-5-13(8-11)21-17(22)20-15-10-18(21,2)23-16-7-6-12(19)9-14(15)16/h3-9,15H,10H2,1-2H3,(H,20,22)/t15-,18+/m1/s1. The highest BCUT2D eigenvalue weighted by Crippen LogP contribution is 2.46. The van der Waals surface area contributed by atoms with E-state index < -0.39 is 5.72 Å². The maximum Gasteiger partial charge on any atom is 0.325 e. The first kappa shape index (κ1) is 14.6. The molecule has 1 saturated heterocycles. The molecule has 0 spiro atoms. The fourth-order valence-corrected chi connectivity index (χ4v) is 3.88. The van der Waals surface area contributed by atoms with E-state index in [1.54, 1.807) is 4.90 Å². The van der Waals surface area contributed by atoms with Gasteiger partial charge in [0, 0.05) is 22.1 Å². The molecule has 0 aromatic heterocycles. The molecule has 4 rings (SSSR count). The summed E-state index contributed by atoms with van der Waals surface area (Å²) >= 11 is 3.49. The van der Waals surface area contributed by atoms with Crippen molar-refractivity contribution in [2.45, 2.75) is 32.0 Å². The number of aryl methyl sites for hydroxylation is 1. The number of fused-ring (bicyclic) bond motifs is 4. The molecule has 2 aliphatic rings. The number of nitrogens with zero attached hydrogens (tertiary/aromatic N) is 1. The number of benzene rings is 2. The van der Waals surface area contributed by atoms with E-state index in [0.29, 0.717) is 6.42 Å². The van der Waals surface area contributed by atoms with Gasteiger partial charge >= 0.3 is 6.03 Å². The van der Waals surface area contributed by atoms with Crippen molar-refractivity contribution in [3.05, 3.63) is 58.1 Å². The van der Waals surface area contributed by atoms with E-state index in [9.17, 15) is 4.79 Å². The first-order valence-electron chi connectivity index (χ1n) is 7.62. The minimum Gasteiger partial charge on any atom is -0.467 e. The van der Waals surface area contributed by atoms with Crippen LogP contribution in [0.15, 0.2) is 46.9 Å². The number of carbonyl (C=O) groups is 1. The molecule has 2 aliphatic heterocycles. The van der Waals surface area contributed by atoms with Crippen LogP contribution in [0.5, 0.6) is 5.75 Å². The lowest BCUT2D eigenvalue weighted by atomic mass is 9.90. The minimum absolute atomic E-state index is 0.0326. The van der Waals surface area contributed by atoms with Crippen molar-refractivity contribution in [1.82, 2.24) is 5.32 Å². The van der Waals surface area contributed by atoms with E-state index in [0.717, 1.165) is 27.0 Å². The van der Waals surface area contributed by atoms with E-state index in [4.69, 9.17) is 4.74 Å². The van der Waals surface area contributed by atoms with E-state index in [-0.39, 0.29) is 12.1 Å². The van der Waals surface area contributed by atoms with Crippen LogP contribution in [-0.2, 0) is 0 Å². The van der Waals surface area contributed by atoms with Crippen LogP contribution in [0.1, 0.15) is 30.5 Å². The molecular weight excluding hydrogens is 356 g/mol. The van der Waals surface area contributed by atoms with Gasteiger partial charge in [-0.1, -0.05) is 28.1 Å². The van der Waals surface area contributed by atoms with Gasteiger partial charge in [0.05, 0.1) is 6.04 Å². The number of rotatable bonds is 1. The Labute approximate surface area is 143 Å². The van der Waals surface area contributed by atoms with Crippen LogP contribution in [0.4, 0.5) is 10.5 Å². The summed E-state index contributed by atoms with van der Waals surface area (Å²) in [6.07, 6.45) is 0.704. The van der Waals surface area contributed by atoms with Crippen LogP contribution in [0, 0.1) is 6.92 Å². The third kappa shape index (κ3) is 2.30. The minimum atomic E-state index is -0.693. The molecule has 1 fully saturated rings. The second kappa shape index (κ2) is 4.99. The Balaban J connectivity index is 1.81.